The molecule has 1 heterocycles. The molecule has 0 aliphatic heterocycles. The summed E-state index contributed by atoms with van der Waals surface area (Å²) in [6.45, 7) is 6.28. The van der Waals surface area contributed by atoms with Gasteiger partial charge in [-0.3, -0.25) is 0 Å². The van der Waals surface area contributed by atoms with Crippen molar-refractivity contribution in [1.82, 2.24) is 9.55 Å². The Kier molecular flexibility index (Phi) is 6.00. The van der Waals surface area contributed by atoms with Gasteiger partial charge >= 0.3 is 0 Å². The molecule has 1 atom stereocenters. The molecule has 5 nitrogen and oxygen atoms in total. The first-order valence-electron chi connectivity index (χ1n) is 6.00. The standard InChI is InChI=1S/C12H23N3O2/c1-5-11(9-17-4)15-8-10(2)14-12(15)13-6-7-16-3/h8,11H,5-7,9H2,1-4H3,(H,13,14). The van der Waals surface area contributed by atoms with Crippen molar-refractivity contribution < 1.29 is 9.47 Å². The van der Waals surface area contributed by atoms with Gasteiger partial charge in [-0.25, -0.2) is 4.98 Å². The first-order valence-corrected chi connectivity index (χ1v) is 6.00. The van der Waals surface area contributed by atoms with Crippen molar-refractivity contribution in [3.63, 3.8) is 0 Å². The Morgan fingerprint density at radius 3 is 2.76 bits per heavy atom. The second-order valence-electron chi connectivity index (χ2n) is 4.05. The highest BCUT2D eigenvalue weighted by molar-refractivity contribution is 5.29. The van der Waals surface area contributed by atoms with Crippen molar-refractivity contribution in [2.75, 3.05) is 39.3 Å². The molecule has 0 amide bonds. The van der Waals surface area contributed by atoms with Gasteiger partial charge in [0.2, 0.25) is 5.95 Å². The normalized spacial score (nSPS) is 12.7. The molecular weight excluding hydrogens is 218 g/mol. The lowest BCUT2D eigenvalue weighted by Crippen LogP contribution is -2.18. The molecule has 5 heteroatoms. The van der Waals surface area contributed by atoms with Gasteiger partial charge < -0.3 is 19.4 Å². The Labute approximate surface area is 103 Å². The highest BCUT2D eigenvalue weighted by atomic mass is 16.5. The summed E-state index contributed by atoms with van der Waals surface area (Å²) in [6, 6.07) is 0.325. The number of aryl methyl sites for hydroxylation is 1. The molecule has 0 bridgehead atoms. The van der Waals surface area contributed by atoms with E-state index in [2.05, 4.69) is 28.0 Å². The molecule has 1 unspecified atom stereocenters. The second-order valence-corrected chi connectivity index (χ2v) is 4.05. The maximum absolute atomic E-state index is 5.24. The summed E-state index contributed by atoms with van der Waals surface area (Å²) in [5.41, 5.74) is 1.01. The summed E-state index contributed by atoms with van der Waals surface area (Å²) in [6.07, 6.45) is 3.07. The van der Waals surface area contributed by atoms with Gasteiger partial charge in [0.1, 0.15) is 0 Å². The van der Waals surface area contributed by atoms with Crippen LogP contribution in [-0.2, 0) is 9.47 Å². The molecule has 0 aliphatic carbocycles. The maximum atomic E-state index is 5.24. The molecule has 0 aromatic carbocycles. The lowest BCUT2D eigenvalue weighted by atomic mass is 10.2. The van der Waals surface area contributed by atoms with Gasteiger partial charge in [-0.15, -0.1) is 0 Å². The van der Waals surface area contributed by atoms with E-state index in [4.69, 9.17) is 9.47 Å². The van der Waals surface area contributed by atoms with Gasteiger partial charge in [-0.05, 0) is 13.3 Å². The summed E-state index contributed by atoms with van der Waals surface area (Å²) < 4.78 is 12.4. The molecule has 1 aromatic heterocycles. The van der Waals surface area contributed by atoms with Crippen molar-refractivity contribution in [2.24, 2.45) is 0 Å². The van der Waals surface area contributed by atoms with Gasteiger partial charge in [0.25, 0.3) is 0 Å². The van der Waals surface area contributed by atoms with Crippen molar-refractivity contribution >= 4 is 5.95 Å². The fourth-order valence-electron chi connectivity index (χ4n) is 1.78. The van der Waals surface area contributed by atoms with Crippen LogP contribution >= 0.6 is 0 Å². The van der Waals surface area contributed by atoms with Crippen LogP contribution in [-0.4, -0.2) is 43.5 Å². The average Bonchev–Trinajstić information content (AvgIpc) is 2.68. The van der Waals surface area contributed by atoms with Crippen LogP contribution in [0, 0.1) is 6.92 Å². The zero-order valence-electron chi connectivity index (χ0n) is 11.2. The van der Waals surface area contributed by atoms with E-state index >= 15 is 0 Å². The van der Waals surface area contributed by atoms with Crippen LogP contribution in [0.2, 0.25) is 0 Å². The lowest BCUT2D eigenvalue weighted by molar-refractivity contribution is 0.153. The molecule has 17 heavy (non-hydrogen) atoms. The Bertz CT molecular complexity index is 326. The smallest absolute Gasteiger partial charge is 0.203 e. The van der Waals surface area contributed by atoms with Gasteiger partial charge in [-0.2, -0.15) is 0 Å². The summed E-state index contributed by atoms with van der Waals surface area (Å²) in [5, 5.41) is 3.28. The second kappa shape index (κ2) is 7.29. The molecule has 0 saturated carbocycles. The molecule has 0 spiro atoms. The van der Waals surface area contributed by atoms with Crippen molar-refractivity contribution in [2.45, 2.75) is 26.3 Å². The minimum atomic E-state index is 0.325. The van der Waals surface area contributed by atoms with Crippen LogP contribution < -0.4 is 5.32 Å². The monoisotopic (exact) mass is 241 g/mol. The number of hydrogen-bond acceptors (Lipinski definition) is 4. The Morgan fingerprint density at radius 2 is 2.18 bits per heavy atom. The number of methoxy groups -OCH3 is 2. The third-order valence-electron chi connectivity index (χ3n) is 2.67. The van der Waals surface area contributed by atoms with E-state index in [0.29, 0.717) is 19.3 Å². The summed E-state index contributed by atoms with van der Waals surface area (Å²) in [7, 11) is 3.42. The Hall–Kier alpha value is -1.07. The van der Waals surface area contributed by atoms with Crippen molar-refractivity contribution in [3.05, 3.63) is 11.9 Å². The highest BCUT2D eigenvalue weighted by Gasteiger charge is 2.13. The van der Waals surface area contributed by atoms with Gasteiger partial charge in [0, 0.05) is 27.0 Å². The highest BCUT2D eigenvalue weighted by Crippen LogP contribution is 2.19. The number of nitrogens with one attached hydrogen (secondary N) is 1. The van der Waals surface area contributed by atoms with E-state index in [1.807, 2.05) is 6.92 Å². The third-order valence-corrected chi connectivity index (χ3v) is 2.67. The quantitative estimate of drug-likeness (QED) is 0.706. The number of anilines is 1. The van der Waals surface area contributed by atoms with Crippen LogP contribution in [0.1, 0.15) is 25.1 Å². The fraction of sp³-hybridized carbons (Fsp3) is 0.750. The fourth-order valence-corrected chi connectivity index (χ4v) is 1.78. The molecule has 0 saturated heterocycles. The first kappa shape index (κ1) is 14.0. The summed E-state index contributed by atoms with van der Waals surface area (Å²) >= 11 is 0. The molecule has 0 radical (unpaired) electrons. The number of nitrogens with zero attached hydrogens (tertiary/aromatic N) is 2. The predicted octanol–water partition coefficient (Wildman–Crippen LogP) is 1.85. The van der Waals surface area contributed by atoms with Gasteiger partial charge in [-0.1, -0.05) is 6.92 Å². The average molecular weight is 241 g/mol. The van der Waals surface area contributed by atoms with E-state index < -0.39 is 0 Å². The molecule has 1 N–H and O–H groups in total. The SMILES string of the molecule is CCC(COC)n1cc(C)nc1NCCOC. The first-order chi connectivity index (χ1) is 8.22. The zero-order chi connectivity index (χ0) is 12.7. The largest absolute Gasteiger partial charge is 0.383 e. The number of aromatic nitrogens is 2. The molecular formula is C12H23N3O2. The van der Waals surface area contributed by atoms with Gasteiger partial charge in [0.05, 0.1) is 24.9 Å². The number of imidazole rings is 1. The number of hydrogen-bond donors (Lipinski definition) is 1. The van der Waals surface area contributed by atoms with E-state index in [1.165, 1.54) is 0 Å². The molecule has 1 rings (SSSR count). The molecule has 0 aliphatic rings. The van der Waals surface area contributed by atoms with E-state index in [1.54, 1.807) is 14.2 Å². The minimum Gasteiger partial charge on any atom is -0.383 e. The van der Waals surface area contributed by atoms with Gasteiger partial charge in [0.15, 0.2) is 0 Å². The summed E-state index contributed by atoms with van der Waals surface area (Å²) in [5.74, 6) is 0.892. The van der Waals surface area contributed by atoms with Crippen LogP contribution in [0.4, 0.5) is 5.95 Å². The zero-order valence-corrected chi connectivity index (χ0v) is 11.2. The van der Waals surface area contributed by atoms with Crippen molar-refractivity contribution in [1.29, 1.82) is 0 Å². The summed E-state index contributed by atoms with van der Waals surface area (Å²) in [4.78, 5) is 4.47. The maximum Gasteiger partial charge on any atom is 0.203 e. The van der Waals surface area contributed by atoms with Crippen molar-refractivity contribution in [3.8, 4) is 0 Å². The van der Waals surface area contributed by atoms with E-state index in [0.717, 1.165) is 24.6 Å². The van der Waals surface area contributed by atoms with E-state index in [-0.39, 0.29) is 0 Å². The lowest BCUT2D eigenvalue weighted by Gasteiger charge is -2.18. The third kappa shape index (κ3) is 4.02. The minimum absolute atomic E-state index is 0.325. The number of ether oxygens (including phenoxy) is 2. The molecule has 98 valence electrons. The van der Waals surface area contributed by atoms with Crippen LogP contribution in [0.15, 0.2) is 6.20 Å². The Morgan fingerprint density at radius 1 is 1.41 bits per heavy atom. The number of rotatable bonds is 8. The van der Waals surface area contributed by atoms with Crippen LogP contribution in [0.25, 0.3) is 0 Å². The topological polar surface area (TPSA) is 48.3 Å². The van der Waals surface area contributed by atoms with Crippen LogP contribution in [0.3, 0.4) is 0 Å². The van der Waals surface area contributed by atoms with E-state index in [9.17, 15) is 0 Å². The molecule has 0 fully saturated rings. The molecule has 1 aromatic rings. The van der Waals surface area contributed by atoms with Crippen LogP contribution in [0.5, 0.6) is 0 Å². The Balaban J connectivity index is 2.74. The predicted molar refractivity (Wildman–Crippen MR) is 68.5 cm³/mol.